The number of hydrogen-bond donors (Lipinski definition) is 1. The smallest absolute Gasteiger partial charge is 0.416 e. The standard InChI is InChI=1S/C26H24F3NO2/c1-25(2,3)18-13-16(11-15-7-6-8-17(12-15)26(27,28)29)23-20(14-18)22(24(31)32)19-9-4-5-10-21(19)30-23/h4-12,18H,13-14H2,1-3H3,(H,31,32)/b16-11-. The molecular formula is C26H24F3NO2. The van der Waals surface area contributed by atoms with Crippen molar-refractivity contribution in [2.45, 2.75) is 39.8 Å². The lowest BCUT2D eigenvalue weighted by Gasteiger charge is -2.36. The third kappa shape index (κ3) is 4.14. The molecule has 0 radical (unpaired) electrons. The van der Waals surface area contributed by atoms with Gasteiger partial charge in [-0.05, 0) is 65.1 Å². The van der Waals surface area contributed by atoms with E-state index in [1.807, 2.05) is 0 Å². The van der Waals surface area contributed by atoms with Crippen molar-refractivity contribution >= 4 is 28.5 Å². The number of hydrogen-bond acceptors (Lipinski definition) is 2. The van der Waals surface area contributed by atoms with E-state index >= 15 is 0 Å². The molecule has 0 saturated carbocycles. The zero-order chi connectivity index (χ0) is 23.3. The Hall–Kier alpha value is -3.15. The van der Waals surface area contributed by atoms with E-state index in [9.17, 15) is 23.1 Å². The van der Waals surface area contributed by atoms with Crippen molar-refractivity contribution in [3.8, 4) is 0 Å². The second-order valence-electron chi connectivity index (χ2n) is 9.40. The van der Waals surface area contributed by atoms with Crippen molar-refractivity contribution in [2.75, 3.05) is 0 Å². The zero-order valence-electron chi connectivity index (χ0n) is 18.1. The quantitative estimate of drug-likeness (QED) is 0.463. The van der Waals surface area contributed by atoms with Gasteiger partial charge < -0.3 is 5.11 Å². The number of fused-ring (bicyclic) bond motifs is 2. The molecule has 0 saturated heterocycles. The first-order valence-electron chi connectivity index (χ1n) is 10.5. The fourth-order valence-corrected chi connectivity index (χ4v) is 4.39. The number of carboxylic acids is 1. The van der Waals surface area contributed by atoms with E-state index in [0.717, 1.165) is 17.7 Å². The van der Waals surface area contributed by atoms with Crippen LogP contribution in [-0.4, -0.2) is 16.1 Å². The molecule has 3 nitrogen and oxygen atoms in total. The van der Waals surface area contributed by atoms with E-state index in [1.165, 1.54) is 6.07 Å². The molecule has 6 heteroatoms. The van der Waals surface area contributed by atoms with E-state index in [2.05, 4.69) is 20.8 Å². The first-order valence-corrected chi connectivity index (χ1v) is 10.5. The summed E-state index contributed by atoms with van der Waals surface area (Å²) in [4.78, 5) is 17.1. The number of benzene rings is 2. The number of para-hydroxylation sites is 1. The number of carbonyl (C=O) groups is 1. The van der Waals surface area contributed by atoms with E-state index in [-0.39, 0.29) is 16.9 Å². The number of allylic oxidation sites excluding steroid dienone is 1. The van der Waals surface area contributed by atoms with Gasteiger partial charge in [0.2, 0.25) is 0 Å². The van der Waals surface area contributed by atoms with Gasteiger partial charge in [0.15, 0.2) is 0 Å². The molecule has 3 aromatic rings. The van der Waals surface area contributed by atoms with Gasteiger partial charge in [0.1, 0.15) is 0 Å². The van der Waals surface area contributed by atoms with Crippen LogP contribution < -0.4 is 0 Å². The number of aromatic nitrogens is 1. The van der Waals surface area contributed by atoms with E-state index in [0.29, 0.717) is 40.6 Å². The fraction of sp³-hybridized carbons (Fsp3) is 0.308. The molecular weight excluding hydrogens is 415 g/mol. The first kappa shape index (κ1) is 22.1. The summed E-state index contributed by atoms with van der Waals surface area (Å²) in [7, 11) is 0. The Kier molecular flexibility index (Phi) is 5.35. The Morgan fingerprint density at radius 2 is 1.78 bits per heavy atom. The van der Waals surface area contributed by atoms with Gasteiger partial charge in [0.05, 0.1) is 22.3 Å². The largest absolute Gasteiger partial charge is 0.478 e. The predicted molar refractivity (Wildman–Crippen MR) is 119 cm³/mol. The summed E-state index contributed by atoms with van der Waals surface area (Å²) in [6.45, 7) is 6.29. The zero-order valence-corrected chi connectivity index (χ0v) is 18.1. The van der Waals surface area contributed by atoms with Gasteiger partial charge in [-0.25, -0.2) is 9.78 Å². The molecule has 1 N–H and O–H groups in total. The first-order chi connectivity index (χ1) is 14.9. The molecule has 0 bridgehead atoms. The van der Waals surface area contributed by atoms with Gasteiger partial charge in [0.25, 0.3) is 0 Å². The molecule has 0 aliphatic heterocycles. The van der Waals surface area contributed by atoms with Crippen molar-refractivity contribution in [3.63, 3.8) is 0 Å². The van der Waals surface area contributed by atoms with Crippen molar-refractivity contribution < 1.29 is 23.1 Å². The highest BCUT2D eigenvalue weighted by molar-refractivity contribution is 6.06. The van der Waals surface area contributed by atoms with Crippen LogP contribution in [0, 0.1) is 11.3 Å². The molecule has 4 rings (SSSR count). The maximum atomic E-state index is 13.2. The van der Waals surface area contributed by atoms with Gasteiger partial charge in [-0.3, -0.25) is 0 Å². The van der Waals surface area contributed by atoms with E-state index in [1.54, 1.807) is 36.4 Å². The van der Waals surface area contributed by atoms with Crippen LogP contribution in [0.2, 0.25) is 0 Å². The van der Waals surface area contributed by atoms with Crippen LogP contribution in [0.25, 0.3) is 22.6 Å². The van der Waals surface area contributed by atoms with Gasteiger partial charge >= 0.3 is 12.1 Å². The lowest BCUT2D eigenvalue weighted by molar-refractivity contribution is -0.137. The predicted octanol–water partition coefficient (Wildman–Crippen LogP) is 7.10. The Bertz CT molecular complexity index is 1240. The third-order valence-electron chi connectivity index (χ3n) is 6.21. The summed E-state index contributed by atoms with van der Waals surface area (Å²) in [5.74, 6) is -0.902. The molecule has 32 heavy (non-hydrogen) atoms. The molecule has 166 valence electrons. The number of halogens is 3. The van der Waals surface area contributed by atoms with Crippen LogP contribution in [0.5, 0.6) is 0 Å². The Labute approximate surface area is 184 Å². The second-order valence-corrected chi connectivity index (χ2v) is 9.40. The Balaban J connectivity index is 1.97. The molecule has 0 amide bonds. The minimum atomic E-state index is -4.43. The van der Waals surface area contributed by atoms with Gasteiger partial charge in [-0.1, -0.05) is 51.1 Å². The highest BCUT2D eigenvalue weighted by Gasteiger charge is 2.35. The van der Waals surface area contributed by atoms with Crippen molar-refractivity contribution in [1.82, 2.24) is 4.98 Å². The SMILES string of the molecule is CC(C)(C)C1C/C(=C/c2cccc(C(F)(F)F)c2)c2nc3ccccc3c(C(=O)O)c2C1. The molecule has 1 aromatic heterocycles. The molecule has 0 spiro atoms. The normalized spacial score (nSPS) is 18.1. The summed E-state index contributed by atoms with van der Waals surface area (Å²) in [6, 6.07) is 12.3. The summed E-state index contributed by atoms with van der Waals surface area (Å²) < 4.78 is 39.7. The number of rotatable bonds is 2. The average Bonchev–Trinajstić information content (AvgIpc) is 2.70. The molecule has 1 unspecified atom stereocenters. The summed E-state index contributed by atoms with van der Waals surface area (Å²) in [6.07, 6.45) is -1.55. The molecule has 1 heterocycles. The minimum Gasteiger partial charge on any atom is -0.478 e. The van der Waals surface area contributed by atoms with E-state index < -0.39 is 17.7 Å². The molecule has 0 fully saturated rings. The maximum Gasteiger partial charge on any atom is 0.416 e. The van der Waals surface area contributed by atoms with Crippen molar-refractivity contribution in [2.24, 2.45) is 11.3 Å². The average molecular weight is 439 g/mol. The van der Waals surface area contributed by atoms with Crippen LogP contribution >= 0.6 is 0 Å². The Morgan fingerprint density at radius 3 is 2.44 bits per heavy atom. The monoisotopic (exact) mass is 439 g/mol. The number of alkyl halides is 3. The molecule has 1 atom stereocenters. The molecule has 1 aliphatic carbocycles. The van der Waals surface area contributed by atoms with Crippen molar-refractivity contribution in [1.29, 1.82) is 0 Å². The number of pyridine rings is 1. The highest BCUT2D eigenvalue weighted by atomic mass is 19.4. The van der Waals surface area contributed by atoms with Crippen LogP contribution in [0.1, 0.15) is 59.9 Å². The molecule has 1 aliphatic rings. The fourth-order valence-electron chi connectivity index (χ4n) is 4.39. The number of carboxylic acid groups (broad SMARTS) is 1. The summed E-state index contributed by atoms with van der Waals surface area (Å²) in [5, 5.41) is 10.6. The lowest BCUT2D eigenvalue weighted by atomic mass is 9.69. The third-order valence-corrected chi connectivity index (χ3v) is 6.21. The molecule has 2 aromatic carbocycles. The van der Waals surface area contributed by atoms with Crippen molar-refractivity contribution in [3.05, 3.63) is 76.5 Å². The topological polar surface area (TPSA) is 50.2 Å². The minimum absolute atomic E-state index is 0.119. The van der Waals surface area contributed by atoms with Crippen LogP contribution in [0.4, 0.5) is 13.2 Å². The van der Waals surface area contributed by atoms with Gasteiger partial charge in [-0.2, -0.15) is 13.2 Å². The van der Waals surface area contributed by atoms with Gasteiger partial charge in [-0.15, -0.1) is 0 Å². The summed E-state index contributed by atoms with van der Waals surface area (Å²) in [5.41, 5.74) is 2.36. The summed E-state index contributed by atoms with van der Waals surface area (Å²) >= 11 is 0. The lowest BCUT2D eigenvalue weighted by Crippen LogP contribution is -2.28. The second kappa shape index (κ2) is 7.76. The number of nitrogens with zero attached hydrogens (tertiary/aromatic N) is 1. The maximum absolute atomic E-state index is 13.2. The number of aromatic carboxylic acids is 1. The van der Waals surface area contributed by atoms with E-state index in [4.69, 9.17) is 4.98 Å². The van der Waals surface area contributed by atoms with Crippen LogP contribution in [0.3, 0.4) is 0 Å². The van der Waals surface area contributed by atoms with Gasteiger partial charge in [0, 0.05) is 5.39 Å². The highest BCUT2D eigenvalue weighted by Crippen LogP contribution is 2.45. The van der Waals surface area contributed by atoms with Crippen LogP contribution in [0.15, 0.2) is 48.5 Å². The van der Waals surface area contributed by atoms with Crippen LogP contribution in [-0.2, 0) is 12.6 Å². The Morgan fingerprint density at radius 1 is 1.06 bits per heavy atom.